The molecule has 1 aliphatic rings. The number of nitrogen functional groups attached to an aromatic ring is 1. The third-order valence-electron chi connectivity index (χ3n) is 4.43. The second kappa shape index (κ2) is 8.61. The maximum Gasteiger partial charge on any atom is 0.302 e. The largest absolute Gasteiger partial charge is 0.466 e. The fourth-order valence-corrected chi connectivity index (χ4v) is 3.49. The lowest BCUT2D eigenvalue weighted by molar-refractivity contribution is -0.141. The van der Waals surface area contributed by atoms with Crippen LogP contribution in [0, 0.1) is 27.3 Å². The molecule has 0 amide bonds. The van der Waals surface area contributed by atoms with Crippen LogP contribution in [0.4, 0.5) is 5.82 Å². The summed E-state index contributed by atoms with van der Waals surface area (Å²) in [7, 11) is 0. The molecule has 1 saturated heterocycles. The molecule has 0 unspecified atom stereocenters. The first-order valence-corrected chi connectivity index (χ1v) is 8.60. The molecule has 3 N–H and O–H groups in total. The minimum absolute atomic E-state index is 0.0904. The number of piperidine rings is 1. The number of ether oxygens (including phenoxy) is 1. The first kappa shape index (κ1) is 18.9. The van der Waals surface area contributed by atoms with Crippen molar-refractivity contribution >= 4 is 24.0 Å². The van der Waals surface area contributed by atoms with Gasteiger partial charge in [0.15, 0.2) is 0 Å². The zero-order chi connectivity index (χ0) is 18.4. The summed E-state index contributed by atoms with van der Waals surface area (Å²) < 4.78 is 5.23. The van der Waals surface area contributed by atoms with E-state index in [4.69, 9.17) is 22.7 Å². The smallest absolute Gasteiger partial charge is 0.302 e. The van der Waals surface area contributed by atoms with Gasteiger partial charge in [-0.3, -0.25) is 4.79 Å². The lowest BCUT2D eigenvalue weighted by Crippen LogP contribution is -2.34. The van der Waals surface area contributed by atoms with Crippen molar-refractivity contribution in [3.63, 3.8) is 0 Å². The lowest BCUT2D eigenvalue weighted by Gasteiger charge is -2.32. The van der Waals surface area contributed by atoms with E-state index in [0.29, 0.717) is 23.3 Å². The maximum absolute atomic E-state index is 10.8. The van der Waals surface area contributed by atoms with Crippen LogP contribution in [-0.4, -0.2) is 42.1 Å². The number of nitrogens with zero attached hydrogens (tertiary/aromatic N) is 3. The number of nitrogens with one attached hydrogen (secondary N) is 1. The number of likely N-dealkylation sites (tertiary alicyclic amines) is 1. The van der Waals surface area contributed by atoms with E-state index in [2.05, 4.69) is 22.0 Å². The highest BCUT2D eigenvalue weighted by molar-refractivity contribution is 7.71. The summed E-state index contributed by atoms with van der Waals surface area (Å²) in [6.45, 7) is 4.39. The number of aromatic nitrogens is 1. The number of rotatable bonds is 5. The number of hydrogen-bond acceptors (Lipinski definition) is 7. The lowest BCUT2D eigenvalue weighted by atomic mass is 9.84. The van der Waals surface area contributed by atoms with E-state index in [-0.39, 0.29) is 22.3 Å². The average molecular weight is 359 g/mol. The highest BCUT2D eigenvalue weighted by atomic mass is 32.1. The zero-order valence-electron chi connectivity index (χ0n) is 14.2. The van der Waals surface area contributed by atoms with Gasteiger partial charge in [0.05, 0.1) is 17.7 Å². The van der Waals surface area contributed by atoms with Crippen LogP contribution in [0.3, 0.4) is 0 Å². The molecule has 0 atom stereocenters. The van der Waals surface area contributed by atoms with Gasteiger partial charge in [-0.15, -0.1) is 0 Å². The summed E-state index contributed by atoms with van der Waals surface area (Å²) in [4.78, 5) is 15.8. The Morgan fingerprint density at radius 2 is 2.00 bits per heavy atom. The Labute approximate surface area is 152 Å². The molecule has 0 radical (unpaired) electrons. The molecule has 2 rings (SSSR count). The number of nitrogens with two attached hydrogens (primary N) is 1. The molecule has 0 bridgehead atoms. The molecule has 1 fully saturated rings. The number of hydrogen-bond donors (Lipinski definition) is 2. The van der Waals surface area contributed by atoms with Gasteiger partial charge in [0.2, 0.25) is 0 Å². The summed E-state index contributed by atoms with van der Waals surface area (Å²) in [5, 5.41) is 18.9. The van der Waals surface area contributed by atoms with Gasteiger partial charge in [-0.1, -0.05) is 12.2 Å². The molecule has 132 valence electrons. The fourth-order valence-electron chi connectivity index (χ4n) is 3.23. The molecule has 0 aliphatic carbocycles. The number of aromatic amines is 1. The van der Waals surface area contributed by atoms with E-state index in [0.717, 1.165) is 38.9 Å². The molecule has 2 heterocycles. The highest BCUT2D eigenvalue weighted by Crippen LogP contribution is 2.34. The van der Waals surface area contributed by atoms with Crippen LogP contribution in [-0.2, 0) is 9.53 Å². The predicted octanol–water partition coefficient (Wildman–Crippen LogP) is 2.20. The van der Waals surface area contributed by atoms with Gasteiger partial charge in [0, 0.05) is 13.5 Å². The third-order valence-corrected chi connectivity index (χ3v) is 4.73. The quantitative estimate of drug-likeness (QED) is 0.470. The second-order valence-electron chi connectivity index (χ2n) is 6.06. The minimum Gasteiger partial charge on any atom is -0.466 e. The molecule has 0 spiro atoms. The van der Waals surface area contributed by atoms with Crippen LogP contribution >= 0.6 is 12.2 Å². The van der Waals surface area contributed by atoms with E-state index in [1.807, 2.05) is 0 Å². The van der Waals surface area contributed by atoms with E-state index in [1.165, 1.54) is 6.92 Å². The SMILES string of the molecule is CC(=O)OCCCN1CCC(c2c(C#N)c(N)[nH]c(=S)c2C#N)CC1. The molecule has 25 heavy (non-hydrogen) atoms. The van der Waals surface area contributed by atoms with E-state index in [1.54, 1.807) is 0 Å². The molecule has 7 nitrogen and oxygen atoms in total. The molecule has 1 aromatic rings. The predicted molar refractivity (Wildman–Crippen MR) is 95.1 cm³/mol. The molecule has 0 saturated carbocycles. The van der Waals surface area contributed by atoms with Crippen molar-refractivity contribution in [2.45, 2.75) is 32.1 Å². The Morgan fingerprint density at radius 1 is 1.36 bits per heavy atom. The molecule has 1 aromatic heterocycles. The van der Waals surface area contributed by atoms with Crippen molar-refractivity contribution in [3.8, 4) is 12.1 Å². The molecule has 1 aliphatic heterocycles. The Balaban J connectivity index is 2.06. The average Bonchev–Trinajstić information content (AvgIpc) is 2.58. The third kappa shape index (κ3) is 4.56. The standard InChI is InChI=1S/C17H21N5O2S/c1-11(23)24-8-2-5-22-6-3-12(4-7-22)15-13(9-18)16(20)21-17(25)14(15)10-19/h12H,2-8H2,1H3,(H3,20,21,25). The minimum atomic E-state index is -0.259. The number of esters is 1. The summed E-state index contributed by atoms with van der Waals surface area (Å²) in [5.41, 5.74) is 7.26. The summed E-state index contributed by atoms with van der Waals surface area (Å²) in [5.74, 6) is 0.0582. The summed E-state index contributed by atoms with van der Waals surface area (Å²) in [6, 6.07) is 4.23. The highest BCUT2D eigenvalue weighted by Gasteiger charge is 2.27. The van der Waals surface area contributed by atoms with Crippen LogP contribution in [0.2, 0.25) is 0 Å². The van der Waals surface area contributed by atoms with Crippen molar-refractivity contribution in [2.24, 2.45) is 0 Å². The Hall–Kier alpha value is -2.42. The summed E-state index contributed by atoms with van der Waals surface area (Å²) in [6.07, 6.45) is 2.45. The Bertz CT molecular complexity index is 782. The number of H-pyrrole nitrogens is 1. The molecule has 8 heteroatoms. The van der Waals surface area contributed by atoms with Crippen LogP contribution in [0.15, 0.2) is 0 Å². The molecular formula is C17H21N5O2S. The van der Waals surface area contributed by atoms with Gasteiger partial charge in [-0.25, -0.2) is 0 Å². The number of nitriles is 2. The van der Waals surface area contributed by atoms with Crippen molar-refractivity contribution in [1.82, 2.24) is 9.88 Å². The van der Waals surface area contributed by atoms with E-state index in [9.17, 15) is 15.3 Å². The summed E-state index contributed by atoms with van der Waals surface area (Å²) >= 11 is 5.20. The van der Waals surface area contributed by atoms with Gasteiger partial charge in [0.25, 0.3) is 0 Å². The number of carbonyl (C=O) groups is 1. The van der Waals surface area contributed by atoms with Gasteiger partial charge >= 0.3 is 5.97 Å². The van der Waals surface area contributed by atoms with E-state index < -0.39 is 0 Å². The normalized spacial score (nSPS) is 15.3. The topological polar surface area (TPSA) is 119 Å². The zero-order valence-corrected chi connectivity index (χ0v) is 15.0. The molecule has 0 aromatic carbocycles. The molecular weight excluding hydrogens is 338 g/mol. The van der Waals surface area contributed by atoms with Gasteiger partial charge in [0.1, 0.15) is 22.6 Å². The van der Waals surface area contributed by atoms with Crippen LogP contribution < -0.4 is 5.73 Å². The first-order valence-electron chi connectivity index (χ1n) is 8.19. The van der Waals surface area contributed by atoms with Gasteiger partial charge in [-0.05, 0) is 43.8 Å². The fraction of sp³-hybridized carbons (Fsp3) is 0.529. The second-order valence-corrected chi connectivity index (χ2v) is 6.47. The number of anilines is 1. The van der Waals surface area contributed by atoms with Crippen molar-refractivity contribution in [3.05, 3.63) is 21.3 Å². The number of pyridine rings is 1. The van der Waals surface area contributed by atoms with Crippen LogP contribution in [0.1, 0.15) is 48.8 Å². The van der Waals surface area contributed by atoms with Crippen molar-refractivity contribution in [1.29, 1.82) is 10.5 Å². The van der Waals surface area contributed by atoms with Gasteiger partial charge < -0.3 is 20.4 Å². The maximum atomic E-state index is 10.8. The van der Waals surface area contributed by atoms with Crippen LogP contribution in [0.25, 0.3) is 0 Å². The van der Waals surface area contributed by atoms with Crippen molar-refractivity contribution < 1.29 is 9.53 Å². The Morgan fingerprint density at radius 3 is 2.56 bits per heavy atom. The van der Waals surface area contributed by atoms with Gasteiger partial charge in [-0.2, -0.15) is 10.5 Å². The Kier molecular flexibility index (Phi) is 6.51. The van der Waals surface area contributed by atoms with Crippen molar-refractivity contribution in [2.75, 3.05) is 32.0 Å². The van der Waals surface area contributed by atoms with Crippen LogP contribution in [0.5, 0.6) is 0 Å². The van der Waals surface area contributed by atoms with E-state index >= 15 is 0 Å². The monoisotopic (exact) mass is 359 g/mol. The number of carbonyl (C=O) groups excluding carboxylic acids is 1. The first-order chi connectivity index (χ1) is 12.0.